The molecule has 0 spiro atoms. The fraction of sp³-hybridized carbons (Fsp3) is 0.182. The molecule has 0 N–H and O–H groups in total. The number of halogens is 8. The van der Waals surface area contributed by atoms with E-state index >= 15 is 0 Å². The Morgan fingerprint density at radius 3 is 0.554 bits per heavy atom. The van der Waals surface area contributed by atoms with Gasteiger partial charge in [-0.05, 0) is 99.5 Å². The Hall–Kier alpha value is 1.06. The van der Waals surface area contributed by atoms with Crippen molar-refractivity contribution in [2.45, 2.75) is 51.9 Å². The maximum absolute atomic E-state index is 3.27. The molecule has 56 heavy (non-hydrogen) atoms. The summed E-state index contributed by atoms with van der Waals surface area (Å²) < 4.78 is 0. The van der Waals surface area contributed by atoms with Crippen LogP contribution in [0.3, 0.4) is 0 Å². The van der Waals surface area contributed by atoms with E-state index in [4.69, 9.17) is 0 Å². The number of hydrogen-bond acceptors (Lipinski definition) is 0. The molecule has 6 rings (SSSR count). The molecule has 0 aliphatic carbocycles. The third kappa shape index (κ3) is 15.8. The zero-order chi connectivity index (χ0) is 41.2. The molecule has 0 amide bonds. The fourth-order valence-corrected chi connectivity index (χ4v) is 16.7. The van der Waals surface area contributed by atoms with Crippen molar-refractivity contribution < 1.29 is 11.2 Å². The van der Waals surface area contributed by atoms with Gasteiger partial charge in [0.25, 0.3) is 0 Å². The standard InChI is InChI=1S/2C22H24P.8BrH.2Mn/c2*1-3-19(2)23(20-13-7-4-8-14-20,21-15-9-5-10-16-21)22-17-11-6-12-18-22;;;;;;;;;;/h2*4-19H,3H2,1-2H3;8*1H;;/q2*+1;;;;;;;;;2*+3/p-8. The van der Waals surface area contributed by atoms with Crippen LogP contribution >= 0.6 is 127 Å². The molecule has 0 aliphatic heterocycles. The molecule has 0 saturated heterocycles. The van der Waals surface area contributed by atoms with Crippen LogP contribution in [0, 0.1) is 0 Å². The van der Waals surface area contributed by atoms with E-state index in [1.165, 1.54) is 44.7 Å². The summed E-state index contributed by atoms with van der Waals surface area (Å²) in [4.78, 5) is 0. The summed E-state index contributed by atoms with van der Waals surface area (Å²) in [5.74, 6) is 0. The summed E-state index contributed by atoms with van der Waals surface area (Å²) in [6.45, 7) is 9.46. The maximum atomic E-state index is 3.27. The number of rotatable bonds is 10. The van der Waals surface area contributed by atoms with Gasteiger partial charge in [-0.15, -0.1) is 0 Å². The molecule has 0 aromatic heterocycles. The molecule has 304 valence electrons. The minimum absolute atomic E-state index is 0.606. The van der Waals surface area contributed by atoms with Gasteiger partial charge in [0.2, 0.25) is 0 Å². The van der Waals surface area contributed by atoms with Crippen molar-refractivity contribution in [1.29, 1.82) is 0 Å². The van der Waals surface area contributed by atoms with Crippen molar-refractivity contribution in [3.8, 4) is 0 Å². The summed E-state index contributed by atoms with van der Waals surface area (Å²) in [7, 11) is -3.29. The first kappa shape index (κ1) is 51.4. The normalized spacial score (nSPS) is 13.2. The van der Waals surface area contributed by atoms with Crippen LogP contribution in [0.25, 0.3) is 0 Å². The zero-order valence-corrected chi connectivity index (χ0v) is 48.4. The molecular weight excluding hydrogens is 1340 g/mol. The summed E-state index contributed by atoms with van der Waals surface area (Å²) >= 11 is 26.1. The average Bonchev–Trinajstić information content (AvgIpc) is 3.20. The van der Waals surface area contributed by atoms with Gasteiger partial charge in [0.15, 0.2) is 0 Å². The van der Waals surface area contributed by atoms with Gasteiger partial charge in [-0.3, -0.25) is 0 Å². The molecule has 6 aromatic rings. The summed E-state index contributed by atoms with van der Waals surface area (Å²) in [6, 6.07) is 66.7. The summed E-state index contributed by atoms with van der Waals surface area (Å²) in [5, 5.41) is 8.87. The van der Waals surface area contributed by atoms with Crippen LogP contribution in [0.4, 0.5) is 0 Å². The van der Waals surface area contributed by atoms with Crippen LogP contribution in [0.15, 0.2) is 182 Å². The van der Waals surface area contributed by atoms with Crippen molar-refractivity contribution in [3.63, 3.8) is 0 Å². The van der Waals surface area contributed by atoms with E-state index in [2.05, 4.69) is 323 Å². The molecule has 0 aliphatic rings. The van der Waals surface area contributed by atoms with Gasteiger partial charge in [-0.25, -0.2) is 0 Å². The Kier molecular flexibility index (Phi) is 23.7. The van der Waals surface area contributed by atoms with Crippen molar-refractivity contribution in [3.05, 3.63) is 182 Å². The molecule has 0 saturated carbocycles. The second-order valence-corrected chi connectivity index (χ2v) is 91.9. The predicted octanol–water partition coefficient (Wildman–Crippen LogP) is 16.3. The molecule has 0 radical (unpaired) electrons. The van der Waals surface area contributed by atoms with Crippen molar-refractivity contribution in [2.75, 3.05) is 0 Å². The van der Waals surface area contributed by atoms with Crippen LogP contribution in [0.5, 0.6) is 0 Å². The van der Waals surface area contributed by atoms with Gasteiger partial charge < -0.3 is 0 Å². The topological polar surface area (TPSA) is 0 Å². The Morgan fingerprint density at radius 2 is 0.446 bits per heavy atom. The third-order valence-electron chi connectivity index (χ3n) is 9.48. The molecule has 12 heteroatoms. The van der Waals surface area contributed by atoms with Gasteiger partial charge in [-0.2, -0.15) is 0 Å². The van der Waals surface area contributed by atoms with Gasteiger partial charge in [-0.1, -0.05) is 123 Å². The van der Waals surface area contributed by atoms with E-state index in [9.17, 15) is 0 Å². The van der Waals surface area contributed by atoms with Crippen molar-refractivity contribution in [1.82, 2.24) is 0 Å². The van der Waals surface area contributed by atoms with Crippen LogP contribution in [-0.2, 0) is 11.2 Å². The molecule has 0 fully saturated rings. The average molecular weight is 1390 g/mol. The van der Waals surface area contributed by atoms with Gasteiger partial charge >= 0.3 is 124 Å². The van der Waals surface area contributed by atoms with Crippen LogP contribution < -0.4 is 31.8 Å². The Bertz CT molecular complexity index is 1590. The van der Waals surface area contributed by atoms with E-state index in [1.807, 2.05) is 0 Å². The van der Waals surface area contributed by atoms with E-state index in [-0.39, 0.29) is 0 Å². The summed E-state index contributed by atoms with van der Waals surface area (Å²) in [6.07, 6.45) is 2.35. The van der Waals surface area contributed by atoms with Gasteiger partial charge in [0.05, 0.1) is 11.3 Å². The van der Waals surface area contributed by atoms with Crippen LogP contribution in [0.2, 0.25) is 0 Å². The Balaban J connectivity index is 0.000000242. The molecule has 2 unspecified atom stereocenters. The molecule has 0 heterocycles. The number of benzene rings is 6. The Labute approximate surface area is 398 Å². The monoisotopic (exact) mass is 1380 g/mol. The Morgan fingerprint density at radius 1 is 0.321 bits per heavy atom. The van der Waals surface area contributed by atoms with E-state index in [0.29, 0.717) is 11.3 Å². The second-order valence-electron chi connectivity index (χ2n) is 12.6. The second kappa shape index (κ2) is 25.9. The molecule has 0 nitrogen and oxygen atoms in total. The quantitative estimate of drug-likeness (QED) is 0.0947. The van der Waals surface area contributed by atoms with Crippen molar-refractivity contribution in [2.24, 2.45) is 0 Å². The van der Waals surface area contributed by atoms with Crippen LogP contribution in [0.1, 0.15) is 40.5 Å². The van der Waals surface area contributed by atoms with Crippen molar-refractivity contribution >= 4 is 159 Å². The minimum atomic E-state index is -1.64. The molecular formula is C44H48Br8Mn2P2. The molecule has 6 aromatic carbocycles. The first-order valence-electron chi connectivity index (χ1n) is 17.9. The van der Waals surface area contributed by atoms with Gasteiger partial charge in [0, 0.05) is 0 Å². The zero-order valence-electron chi connectivity index (χ0n) is 31.6. The van der Waals surface area contributed by atoms with Crippen LogP contribution in [-0.4, -0.2) is 11.3 Å². The SMILES string of the molecule is CCC(C)[P+](c1ccccc1)(c1ccccc1)c1ccccc1.CCC(C)[P+](c1ccccc1)(c1ccccc1)c1ccccc1.[Br][Mn-]([Br])([Br])[Br].[Br][Mn-]([Br])([Br])[Br]. The van der Waals surface area contributed by atoms with E-state index < -0.39 is 25.8 Å². The first-order chi connectivity index (χ1) is 26.6. The molecule has 2 atom stereocenters. The fourth-order valence-electron chi connectivity index (χ4n) is 6.95. The number of hydrogen-bond donors (Lipinski definition) is 0. The molecule has 0 bridgehead atoms. The third-order valence-corrected chi connectivity index (χ3v) is 19.5. The summed E-state index contributed by atoms with van der Waals surface area (Å²) in [5.41, 5.74) is -1.54. The first-order valence-corrected chi connectivity index (χ1v) is 44.9. The van der Waals surface area contributed by atoms with E-state index in [1.54, 1.807) is 0 Å². The van der Waals surface area contributed by atoms with E-state index in [0.717, 1.165) is 0 Å². The van der Waals surface area contributed by atoms with Gasteiger partial charge in [0.1, 0.15) is 46.4 Å². The predicted molar refractivity (Wildman–Crippen MR) is 281 cm³/mol.